The van der Waals surface area contributed by atoms with Crippen molar-refractivity contribution in [1.29, 1.82) is 5.26 Å². The number of nitrogens with zero attached hydrogens (tertiary/aromatic N) is 5. The van der Waals surface area contributed by atoms with E-state index in [4.69, 9.17) is 21.3 Å². The molecule has 0 saturated carbocycles. The molecule has 2 heterocycles. The lowest BCUT2D eigenvalue weighted by Crippen LogP contribution is -2.05. The Kier molecular flexibility index (Phi) is 6.25. The molecule has 0 bridgehead atoms. The first-order valence-corrected chi connectivity index (χ1v) is 9.35. The zero-order valence-corrected chi connectivity index (χ0v) is 17.4. The molecule has 0 aliphatic rings. The second-order valence-electron chi connectivity index (χ2n) is 5.95. The molecule has 2 aromatic heterocycles. The minimum atomic E-state index is -2.75. The quantitative estimate of drug-likeness (QED) is 0.326. The maximum Gasteiger partial charge on any atom is 0.278 e. The third-order valence-corrected chi connectivity index (χ3v) is 4.90. The number of halogens is 4. The lowest BCUT2D eigenvalue weighted by Gasteiger charge is -2.08. The summed E-state index contributed by atoms with van der Waals surface area (Å²) in [5.41, 5.74) is 1.06. The van der Waals surface area contributed by atoms with Crippen LogP contribution in [0, 0.1) is 11.3 Å². The van der Waals surface area contributed by atoms with Crippen LogP contribution in [0.25, 0.3) is 16.5 Å². The molecule has 0 aliphatic heterocycles. The van der Waals surface area contributed by atoms with Crippen molar-refractivity contribution in [2.24, 2.45) is 4.99 Å². The second-order valence-corrected chi connectivity index (χ2v) is 7.25. The monoisotopic (exact) mass is 479 g/mol. The number of benzene rings is 1. The standard InChI is InChI=1S/C19H13BrClF2N5O/c1-10(5-12(20)8-25-2)19-27-26-16(29-19)9-28-14-4-3-11(7-24)17(21)13(14)6-15(28)18(22)23/h3-6,8,18H,2,9H2,1H3/b10-5+,12-8+. The third kappa shape index (κ3) is 4.28. The van der Waals surface area contributed by atoms with Crippen molar-refractivity contribution in [3.63, 3.8) is 0 Å². The molecule has 3 aromatic rings. The van der Waals surface area contributed by atoms with Gasteiger partial charge in [0.25, 0.3) is 6.43 Å². The number of allylic oxidation sites excluding steroid dienone is 3. The average molecular weight is 481 g/mol. The minimum Gasteiger partial charge on any atom is -0.419 e. The van der Waals surface area contributed by atoms with E-state index in [-0.39, 0.29) is 34.6 Å². The molecule has 0 aliphatic carbocycles. The predicted octanol–water partition coefficient (Wildman–Crippen LogP) is 5.88. The van der Waals surface area contributed by atoms with Crippen molar-refractivity contribution in [3.8, 4) is 6.07 Å². The summed E-state index contributed by atoms with van der Waals surface area (Å²) in [6.45, 7) is 5.05. The van der Waals surface area contributed by atoms with Crippen molar-refractivity contribution in [3.05, 3.63) is 63.0 Å². The Bertz CT molecular complexity index is 1190. The number of hydrogen-bond donors (Lipinski definition) is 0. The molecule has 0 unspecified atom stereocenters. The molecule has 0 radical (unpaired) electrons. The Morgan fingerprint density at radius 1 is 1.48 bits per heavy atom. The highest BCUT2D eigenvalue weighted by Gasteiger charge is 2.21. The van der Waals surface area contributed by atoms with Crippen LogP contribution >= 0.6 is 27.5 Å². The van der Waals surface area contributed by atoms with Gasteiger partial charge in [-0.15, -0.1) is 10.2 Å². The van der Waals surface area contributed by atoms with Gasteiger partial charge in [-0.05, 0) is 53.8 Å². The largest absolute Gasteiger partial charge is 0.419 e. The summed E-state index contributed by atoms with van der Waals surface area (Å²) >= 11 is 9.49. The van der Waals surface area contributed by atoms with E-state index in [1.54, 1.807) is 19.1 Å². The van der Waals surface area contributed by atoms with Gasteiger partial charge in [-0.2, -0.15) is 5.26 Å². The number of rotatable bonds is 6. The number of aliphatic imine (C=N–C) groups is 1. The Balaban J connectivity index is 2.01. The summed E-state index contributed by atoms with van der Waals surface area (Å²) in [5.74, 6) is 0.392. The van der Waals surface area contributed by atoms with Crippen molar-refractivity contribution in [1.82, 2.24) is 14.8 Å². The Morgan fingerprint density at radius 2 is 2.24 bits per heavy atom. The molecule has 0 N–H and O–H groups in total. The molecule has 6 nitrogen and oxygen atoms in total. The van der Waals surface area contributed by atoms with Crippen molar-refractivity contribution in [2.45, 2.75) is 19.9 Å². The molecule has 29 heavy (non-hydrogen) atoms. The molecule has 0 amide bonds. The molecule has 0 spiro atoms. The van der Waals surface area contributed by atoms with E-state index in [0.29, 0.717) is 21.0 Å². The maximum absolute atomic E-state index is 13.6. The minimum absolute atomic E-state index is 0.0725. The number of nitriles is 1. The number of aromatic nitrogens is 3. The molecular formula is C19H13BrClF2N5O. The Hall–Kier alpha value is -2.83. The van der Waals surface area contributed by atoms with Crippen LogP contribution in [0.5, 0.6) is 0 Å². The van der Waals surface area contributed by atoms with E-state index >= 15 is 0 Å². The SMILES string of the molecule is C=N/C=C(Br)\C=C(/C)c1nnc(Cn2c(C(F)F)cc3c(Cl)c(C#N)ccc32)o1. The van der Waals surface area contributed by atoms with E-state index in [2.05, 4.69) is 37.8 Å². The van der Waals surface area contributed by atoms with E-state index in [1.165, 1.54) is 22.9 Å². The normalized spacial score (nSPS) is 12.6. The van der Waals surface area contributed by atoms with Crippen LogP contribution in [-0.2, 0) is 6.54 Å². The van der Waals surface area contributed by atoms with Crippen LogP contribution in [-0.4, -0.2) is 21.5 Å². The lowest BCUT2D eigenvalue weighted by atomic mass is 10.1. The van der Waals surface area contributed by atoms with Crippen LogP contribution in [0.4, 0.5) is 8.78 Å². The topological polar surface area (TPSA) is 80.0 Å². The van der Waals surface area contributed by atoms with Crippen LogP contribution in [0.3, 0.4) is 0 Å². The summed E-state index contributed by atoms with van der Waals surface area (Å²) in [6.07, 6.45) is 0.464. The summed E-state index contributed by atoms with van der Waals surface area (Å²) < 4.78 is 34.8. The molecule has 0 saturated heterocycles. The first kappa shape index (κ1) is 20.9. The van der Waals surface area contributed by atoms with Crippen molar-refractivity contribution < 1.29 is 13.2 Å². The lowest BCUT2D eigenvalue weighted by molar-refractivity contribution is 0.141. The van der Waals surface area contributed by atoms with Crippen LogP contribution in [0.1, 0.15) is 36.4 Å². The molecule has 3 rings (SSSR count). The van der Waals surface area contributed by atoms with E-state index in [0.717, 1.165) is 0 Å². The summed E-state index contributed by atoms with van der Waals surface area (Å²) in [5, 5.41) is 17.5. The van der Waals surface area contributed by atoms with Gasteiger partial charge in [0, 0.05) is 21.6 Å². The van der Waals surface area contributed by atoms with Crippen LogP contribution in [0.2, 0.25) is 5.02 Å². The first-order chi connectivity index (χ1) is 13.8. The maximum atomic E-state index is 13.6. The van der Waals surface area contributed by atoms with Crippen molar-refractivity contribution >= 4 is 50.7 Å². The van der Waals surface area contributed by atoms with Gasteiger partial charge in [0.05, 0.1) is 21.8 Å². The van der Waals surface area contributed by atoms with E-state index in [1.807, 2.05) is 6.07 Å². The highest BCUT2D eigenvalue weighted by Crippen LogP contribution is 2.34. The van der Waals surface area contributed by atoms with Gasteiger partial charge in [-0.25, -0.2) is 8.78 Å². The fourth-order valence-electron chi connectivity index (χ4n) is 2.77. The van der Waals surface area contributed by atoms with E-state index in [9.17, 15) is 8.78 Å². The zero-order valence-electron chi connectivity index (χ0n) is 15.0. The molecule has 0 fully saturated rings. The van der Waals surface area contributed by atoms with Gasteiger partial charge in [0.15, 0.2) is 0 Å². The summed E-state index contributed by atoms with van der Waals surface area (Å²) in [4.78, 5) is 3.64. The molecule has 148 valence electrons. The van der Waals surface area contributed by atoms with Gasteiger partial charge in [-0.3, -0.25) is 4.99 Å². The van der Waals surface area contributed by atoms with Gasteiger partial charge < -0.3 is 8.98 Å². The third-order valence-electron chi connectivity index (χ3n) is 4.06. The second kappa shape index (κ2) is 8.68. The molecular weight excluding hydrogens is 468 g/mol. The van der Waals surface area contributed by atoms with Gasteiger partial charge in [0.2, 0.25) is 11.8 Å². The highest BCUT2D eigenvalue weighted by molar-refractivity contribution is 9.11. The van der Waals surface area contributed by atoms with Crippen LogP contribution in [0.15, 0.2) is 44.4 Å². The highest BCUT2D eigenvalue weighted by atomic mass is 79.9. The molecule has 0 atom stereocenters. The molecule has 10 heteroatoms. The summed E-state index contributed by atoms with van der Waals surface area (Å²) in [6, 6.07) is 6.27. The predicted molar refractivity (Wildman–Crippen MR) is 110 cm³/mol. The fourth-order valence-corrected chi connectivity index (χ4v) is 3.51. The fraction of sp³-hybridized carbons (Fsp3) is 0.158. The summed E-state index contributed by atoms with van der Waals surface area (Å²) in [7, 11) is 0. The molecule has 1 aromatic carbocycles. The average Bonchev–Trinajstić information content (AvgIpc) is 3.28. The number of alkyl halides is 2. The van der Waals surface area contributed by atoms with E-state index < -0.39 is 6.43 Å². The van der Waals surface area contributed by atoms with Gasteiger partial charge >= 0.3 is 0 Å². The van der Waals surface area contributed by atoms with Gasteiger partial charge in [-0.1, -0.05) is 11.6 Å². The zero-order chi connectivity index (χ0) is 21.1. The Morgan fingerprint density at radius 3 is 2.90 bits per heavy atom. The number of fused-ring (bicyclic) bond motifs is 1. The smallest absolute Gasteiger partial charge is 0.278 e. The Labute approximate surface area is 177 Å². The number of hydrogen-bond acceptors (Lipinski definition) is 5. The van der Waals surface area contributed by atoms with Gasteiger partial charge in [0.1, 0.15) is 12.6 Å². The van der Waals surface area contributed by atoms with Crippen LogP contribution < -0.4 is 0 Å². The first-order valence-electron chi connectivity index (χ1n) is 8.18. The van der Waals surface area contributed by atoms with Crippen molar-refractivity contribution in [2.75, 3.05) is 0 Å².